The first-order valence-corrected chi connectivity index (χ1v) is 7.04. The van der Waals surface area contributed by atoms with Crippen molar-refractivity contribution in [2.24, 2.45) is 0 Å². The summed E-state index contributed by atoms with van der Waals surface area (Å²) in [6.45, 7) is -0.292. The van der Waals surface area contributed by atoms with Crippen LogP contribution >= 0.6 is 0 Å². The quantitative estimate of drug-likeness (QED) is 0.784. The standard InChI is InChI=1S/C15H18F3NO3/c16-15(17,18)11-21-8-6-14(20)19-7-9-22-13(10-19)12-4-2-1-3-5-12/h1-5,13H,6-11H2. The van der Waals surface area contributed by atoms with Gasteiger partial charge in [0.1, 0.15) is 12.7 Å². The van der Waals surface area contributed by atoms with Gasteiger partial charge >= 0.3 is 6.18 Å². The van der Waals surface area contributed by atoms with Gasteiger partial charge in [0.05, 0.1) is 26.2 Å². The minimum atomic E-state index is -4.36. The van der Waals surface area contributed by atoms with Crippen molar-refractivity contribution in [2.45, 2.75) is 18.7 Å². The fourth-order valence-corrected chi connectivity index (χ4v) is 2.25. The molecule has 0 saturated carbocycles. The molecule has 1 aromatic rings. The topological polar surface area (TPSA) is 38.8 Å². The van der Waals surface area contributed by atoms with Crippen molar-refractivity contribution in [3.63, 3.8) is 0 Å². The van der Waals surface area contributed by atoms with Gasteiger partial charge in [-0.25, -0.2) is 0 Å². The van der Waals surface area contributed by atoms with E-state index in [1.165, 1.54) is 0 Å². The molecular formula is C15H18F3NO3. The zero-order valence-electron chi connectivity index (χ0n) is 12.0. The number of hydrogen-bond acceptors (Lipinski definition) is 3. The highest BCUT2D eigenvalue weighted by atomic mass is 19.4. The van der Waals surface area contributed by atoms with Gasteiger partial charge in [-0.05, 0) is 5.56 Å². The summed E-state index contributed by atoms with van der Waals surface area (Å²) in [5, 5.41) is 0. The first kappa shape index (κ1) is 16.8. The van der Waals surface area contributed by atoms with Crippen LogP contribution in [0.3, 0.4) is 0 Å². The van der Waals surface area contributed by atoms with Gasteiger partial charge in [-0.2, -0.15) is 13.2 Å². The monoisotopic (exact) mass is 317 g/mol. The number of carbonyl (C=O) groups excluding carboxylic acids is 1. The van der Waals surface area contributed by atoms with Crippen molar-refractivity contribution in [3.8, 4) is 0 Å². The van der Waals surface area contributed by atoms with E-state index in [1.54, 1.807) is 4.90 Å². The predicted molar refractivity (Wildman–Crippen MR) is 73.2 cm³/mol. The second-order valence-electron chi connectivity index (χ2n) is 5.03. The summed E-state index contributed by atoms with van der Waals surface area (Å²) in [5.41, 5.74) is 0.980. The third kappa shape index (κ3) is 5.31. The number of amides is 1. The number of nitrogens with zero attached hydrogens (tertiary/aromatic N) is 1. The zero-order valence-corrected chi connectivity index (χ0v) is 12.0. The highest BCUT2D eigenvalue weighted by Crippen LogP contribution is 2.22. The molecule has 22 heavy (non-hydrogen) atoms. The van der Waals surface area contributed by atoms with Crippen LogP contribution in [0.1, 0.15) is 18.1 Å². The molecule has 1 aliphatic heterocycles. The van der Waals surface area contributed by atoms with Crippen LogP contribution in [0.5, 0.6) is 0 Å². The predicted octanol–water partition coefficient (Wildman–Crippen LogP) is 2.56. The molecule has 0 aliphatic carbocycles. The average molecular weight is 317 g/mol. The van der Waals surface area contributed by atoms with Crippen LogP contribution in [-0.2, 0) is 14.3 Å². The molecule has 0 radical (unpaired) electrons. The molecule has 1 unspecified atom stereocenters. The Bertz CT molecular complexity index is 479. The lowest BCUT2D eigenvalue weighted by Gasteiger charge is -2.33. The summed E-state index contributed by atoms with van der Waals surface area (Å²) in [5.74, 6) is -0.216. The van der Waals surface area contributed by atoms with Gasteiger partial charge < -0.3 is 14.4 Å². The molecule has 0 spiro atoms. The average Bonchev–Trinajstić information content (AvgIpc) is 2.51. The van der Waals surface area contributed by atoms with E-state index in [-0.39, 0.29) is 25.0 Å². The Labute approximate surface area is 126 Å². The Morgan fingerprint density at radius 2 is 2.05 bits per heavy atom. The van der Waals surface area contributed by atoms with Gasteiger partial charge in [0, 0.05) is 6.54 Å². The molecule has 1 fully saturated rings. The number of alkyl halides is 3. The van der Waals surface area contributed by atoms with Gasteiger partial charge in [-0.3, -0.25) is 4.79 Å². The summed E-state index contributed by atoms with van der Waals surface area (Å²) in [7, 11) is 0. The van der Waals surface area contributed by atoms with Crippen LogP contribution in [0, 0.1) is 0 Å². The first-order valence-electron chi connectivity index (χ1n) is 7.04. The molecule has 2 rings (SSSR count). The zero-order chi connectivity index (χ0) is 16.0. The first-order chi connectivity index (χ1) is 10.5. The maximum atomic E-state index is 12.0. The number of benzene rings is 1. The number of ether oxygens (including phenoxy) is 2. The Kier molecular flexibility index (Phi) is 5.79. The van der Waals surface area contributed by atoms with Gasteiger partial charge in [-0.1, -0.05) is 30.3 Å². The molecule has 1 saturated heterocycles. The van der Waals surface area contributed by atoms with Crippen molar-refractivity contribution in [1.29, 1.82) is 0 Å². The smallest absolute Gasteiger partial charge is 0.372 e. The second kappa shape index (κ2) is 7.60. The molecule has 1 aliphatic rings. The van der Waals surface area contributed by atoms with E-state index < -0.39 is 12.8 Å². The molecule has 1 heterocycles. The van der Waals surface area contributed by atoms with E-state index in [1.807, 2.05) is 30.3 Å². The lowest BCUT2D eigenvalue weighted by atomic mass is 10.1. The highest BCUT2D eigenvalue weighted by molar-refractivity contribution is 5.76. The molecule has 0 aromatic heterocycles. The van der Waals surface area contributed by atoms with Crippen LogP contribution in [0.15, 0.2) is 30.3 Å². The minimum absolute atomic E-state index is 0.0579. The lowest BCUT2D eigenvalue weighted by molar-refractivity contribution is -0.175. The van der Waals surface area contributed by atoms with Crippen LogP contribution < -0.4 is 0 Å². The maximum Gasteiger partial charge on any atom is 0.411 e. The third-order valence-corrected chi connectivity index (χ3v) is 3.32. The normalized spacial score (nSPS) is 19.2. The largest absolute Gasteiger partial charge is 0.411 e. The highest BCUT2D eigenvalue weighted by Gasteiger charge is 2.28. The van der Waals surface area contributed by atoms with E-state index >= 15 is 0 Å². The number of carbonyl (C=O) groups is 1. The van der Waals surface area contributed by atoms with E-state index in [0.717, 1.165) is 5.56 Å². The maximum absolute atomic E-state index is 12.0. The molecule has 0 N–H and O–H groups in total. The molecular weight excluding hydrogens is 299 g/mol. The van der Waals surface area contributed by atoms with Crippen LogP contribution in [-0.4, -0.2) is 49.9 Å². The fraction of sp³-hybridized carbons (Fsp3) is 0.533. The van der Waals surface area contributed by atoms with Crippen LogP contribution in [0.4, 0.5) is 13.2 Å². The van der Waals surface area contributed by atoms with Crippen molar-refractivity contribution < 1.29 is 27.4 Å². The molecule has 4 nitrogen and oxygen atoms in total. The van der Waals surface area contributed by atoms with Crippen molar-refractivity contribution in [3.05, 3.63) is 35.9 Å². The van der Waals surface area contributed by atoms with E-state index in [0.29, 0.717) is 19.7 Å². The van der Waals surface area contributed by atoms with Crippen molar-refractivity contribution >= 4 is 5.91 Å². The molecule has 122 valence electrons. The van der Waals surface area contributed by atoms with E-state index in [9.17, 15) is 18.0 Å². The molecule has 7 heteroatoms. The fourth-order valence-electron chi connectivity index (χ4n) is 2.25. The van der Waals surface area contributed by atoms with Gasteiger partial charge in [0.2, 0.25) is 5.91 Å². The summed E-state index contributed by atoms with van der Waals surface area (Å²) >= 11 is 0. The Hall–Kier alpha value is -1.60. The lowest BCUT2D eigenvalue weighted by Crippen LogP contribution is -2.42. The molecule has 1 amide bonds. The van der Waals surface area contributed by atoms with Crippen LogP contribution in [0.25, 0.3) is 0 Å². The van der Waals surface area contributed by atoms with Crippen molar-refractivity contribution in [2.75, 3.05) is 32.9 Å². The van der Waals surface area contributed by atoms with Gasteiger partial charge in [-0.15, -0.1) is 0 Å². The molecule has 1 atom stereocenters. The number of rotatable bonds is 5. The molecule has 1 aromatic carbocycles. The van der Waals surface area contributed by atoms with Gasteiger partial charge in [0.25, 0.3) is 0 Å². The summed E-state index contributed by atoms with van der Waals surface area (Å²) in [6.07, 6.45) is -4.62. The number of hydrogen-bond donors (Lipinski definition) is 0. The summed E-state index contributed by atoms with van der Waals surface area (Å²) in [4.78, 5) is 13.6. The third-order valence-electron chi connectivity index (χ3n) is 3.32. The number of halogens is 3. The Morgan fingerprint density at radius 1 is 1.32 bits per heavy atom. The summed E-state index contributed by atoms with van der Waals surface area (Å²) in [6, 6.07) is 9.53. The van der Waals surface area contributed by atoms with Crippen molar-refractivity contribution in [1.82, 2.24) is 4.90 Å². The van der Waals surface area contributed by atoms with E-state index in [4.69, 9.17) is 4.74 Å². The van der Waals surface area contributed by atoms with Crippen LogP contribution in [0.2, 0.25) is 0 Å². The Balaban J connectivity index is 1.78. The van der Waals surface area contributed by atoms with E-state index in [2.05, 4.69) is 4.74 Å². The summed E-state index contributed by atoms with van der Waals surface area (Å²) < 4.78 is 45.9. The Morgan fingerprint density at radius 3 is 2.73 bits per heavy atom. The van der Waals surface area contributed by atoms with Gasteiger partial charge in [0.15, 0.2) is 0 Å². The SMILES string of the molecule is O=C(CCOCC(F)(F)F)N1CCOC(c2ccccc2)C1. The minimum Gasteiger partial charge on any atom is -0.372 e. The molecule has 0 bridgehead atoms. The number of morpholine rings is 1. The second-order valence-corrected chi connectivity index (χ2v) is 5.03.